The third kappa shape index (κ3) is 15.5. The van der Waals surface area contributed by atoms with Crippen molar-refractivity contribution in [1.29, 1.82) is 0 Å². The Bertz CT molecular complexity index is 4140. The van der Waals surface area contributed by atoms with Crippen molar-refractivity contribution in [2.75, 3.05) is 0 Å². The first-order chi connectivity index (χ1) is 37.5. The molecule has 5 radical (unpaired) electrons. The number of rotatable bonds is 5. The number of fused-ring (bicyclic) bond motifs is 5. The van der Waals surface area contributed by atoms with Gasteiger partial charge in [-0.15, -0.1) is 17.0 Å². The maximum Gasteiger partial charge on any atom is 0.175 e. The van der Waals surface area contributed by atoms with Crippen LogP contribution in [0.2, 0.25) is 0 Å². The maximum atomic E-state index is 11.0. The largest absolute Gasteiger partial charge is 0.662 e. The van der Waals surface area contributed by atoms with E-state index >= 15 is 0 Å². The summed E-state index contributed by atoms with van der Waals surface area (Å²) in [5, 5.41) is 1.95. The second kappa shape index (κ2) is 30.4. The van der Waals surface area contributed by atoms with E-state index in [4.69, 9.17) is 0 Å². The van der Waals surface area contributed by atoms with Crippen molar-refractivity contribution in [3.63, 3.8) is 0 Å². The molecule has 5 aromatic carbocycles. The molecule has 15 rings (SSSR count). The van der Waals surface area contributed by atoms with Crippen LogP contribution in [0.4, 0.5) is 0 Å². The summed E-state index contributed by atoms with van der Waals surface area (Å²) in [6.07, 6.45) is 9.40. The predicted molar refractivity (Wildman–Crippen MR) is 290 cm³/mol. The molecule has 0 bridgehead atoms. The van der Waals surface area contributed by atoms with Gasteiger partial charge in [-0.3, -0.25) is 9.78 Å². The zero-order valence-corrected chi connectivity index (χ0v) is 54.5. The van der Waals surface area contributed by atoms with Crippen LogP contribution in [0.5, 0.6) is 0 Å². The molecule has 0 saturated heterocycles. The summed E-state index contributed by atoms with van der Waals surface area (Å²) in [5.41, 5.74) is 13.1. The third-order valence-corrected chi connectivity index (χ3v) is 11.7. The van der Waals surface area contributed by atoms with Crippen LogP contribution in [0.15, 0.2) is 211 Å². The van der Waals surface area contributed by atoms with E-state index in [9.17, 15) is 4.79 Å². The van der Waals surface area contributed by atoms with Crippen molar-refractivity contribution in [1.82, 2.24) is 89.3 Å². The van der Waals surface area contributed by atoms with Gasteiger partial charge in [0.05, 0.1) is 22.2 Å². The van der Waals surface area contributed by atoms with Crippen LogP contribution < -0.4 is 30.3 Å². The van der Waals surface area contributed by atoms with Gasteiger partial charge in [0.15, 0.2) is 17.1 Å². The number of aryl methyl sites for hydroxylation is 1. The number of hydrogen-bond donors (Lipinski definition) is 0. The third-order valence-electron chi connectivity index (χ3n) is 11.1. The molecular weight excluding hydrogens is 1930 g/mol. The molecular formula is C56H37Ir5N18OS-5. The Hall–Kier alpha value is -7.48. The molecule has 10 heterocycles. The summed E-state index contributed by atoms with van der Waals surface area (Å²) < 4.78 is 2.03. The fourth-order valence-electron chi connectivity index (χ4n) is 7.54. The number of imidazole rings is 5. The number of para-hydroxylation sites is 10. The molecule has 0 saturated carbocycles. The van der Waals surface area contributed by atoms with Crippen molar-refractivity contribution < 1.29 is 101 Å². The van der Waals surface area contributed by atoms with Crippen LogP contribution in [0.3, 0.4) is 0 Å². The Kier molecular flexibility index (Phi) is 23.5. The SMILES string of the molecule is Cn1c(-c2nc3ccccc3[n-]2)nc2ccccc21.O=c1cc[n-]c(-c2ccccn2)c1.[Ir].[Ir].[Ir].[Ir].[Ir].c1ccc2[n-]c(-c3cscn3)nc2c1.c1ccc2[n-]c(-c3ncncn3)nc2c1.c1cnc(-c2nc3ccccc3[n-]2)nc1. The molecule has 413 valence electrons. The number of nitrogens with zero attached hydrogens (tertiary/aromatic N) is 18. The molecule has 0 aliphatic rings. The normalized spacial score (nSPS) is 10.1. The minimum absolute atomic E-state index is 0. The monoisotopic (exact) mass is 1970 g/mol. The Morgan fingerprint density at radius 1 is 0.432 bits per heavy atom. The van der Waals surface area contributed by atoms with Gasteiger partial charge in [0.2, 0.25) is 0 Å². The van der Waals surface area contributed by atoms with Gasteiger partial charge in [-0.1, -0.05) is 115 Å². The first-order valence-electron chi connectivity index (χ1n) is 23.3. The summed E-state index contributed by atoms with van der Waals surface area (Å²) in [5.74, 6) is 4.38. The number of pyridine rings is 2. The van der Waals surface area contributed by atoms with E-state index in [0.29, 0.717) is 40.6 Å². The molecule has 0 fully saturated rings. The van der Waals surface area contributed by atoms with Gasteiger partial charge in [0, 0.05) is 137 Å². The molecule has 0 atom stereocenters. The number of hydrogen-bond acceptors (Lipinski definition) is 14. The van der Waals surface area contributed by atoms with Crippen molar-refractivity contribution >= 4 is 66.5 Å². The fourth-order valence-corrected chi connectivity index (χ4v) is 8.07. The van der Waals surface area contributed by atoms with Gasteiger partial charge in [-0.2, -0.15) is 6.20 Å². The average Bonchev–Trinajstić information content (AvgIpc) is 4.52. The molecule has 0 spiro atoms. The van der Waals surface area contributed by atoms with Crippen LogP contribution in [0.1, 0.15) is 0 Å². The zero-order chi connectivity index (χ0) is 51.5. The topological polar surface area (TPSA) is 247 Å². The van der Waals surface area contributed by atoms with Gasteiger partial charge >= 0.3 is 0 Å². The van der Waals surface area contributed by atoms with Crippen LogP contribution in [0.25, 0.3) is 113 Å². The van der Waals surface area contributed by atoms with Crippen LogP contribution in [-0.2, 0) is 108 Å². The Balaban J connectivity index is 0.000000162. The van der Waals surface area contributed by atoms with Gasteiger partial charge in [-0.25, -0.2) is 34.9 Å². The quantitative estimate of drug-likeness (QED) is 0.156. The van der Waals surface area contributed by atoms with Crippen molar-refractivity contribution in [2.24, 2.45) is 7.05 Å². The first-order valence-corrected chi connectivity index (χ1v) is 24.3. The summed E-state index contributed by atoms with van der Waals surface area (Å²) in [6, 6.07) is 49.3. The summed E-state index contributed by atoms with van der Waals surface area (Å²) >= 11 is 1.55. The molecule has 19 nitrogen and oxygen atoms in total. The van der Waals surface area contributed by atoms with Crippen molar-refractivity contribution in [2.45, 2.75) is 0 Å². The Morgan fingerprint density at radius 3 is 1.41 bits per heavy atom. The smallest absolute Gasteiger partial charge is 0.175 e. The Morgan fingerprint density at radius 2 is 0.901 bits per heavy atom. The van der Waals surface area contributed by atoms with E-state index in [2.05, 4.69) is 90.8 Å². The molecule has 0 N–H and O–H groups in total. The van der Waals surface area contributed by atoms with Crippen LogP contribution in [-0.4, -0.2) is 64.4 Å². The molecule has 0 aliphatic carbocycles. The summed E-state index contributed by atoms with van der Waals surface area (Å²) in [4.78, 5) is 83.1. The van der Waals surface area contributed by atoms with Gasteiger partial charge in [-0.05, 0) is 110 Å². The number of aromatic nitrogens is 18. The van der Waals surface area contributed by atoms with E-state index in [1.807, 2.05) is 150 Å². The molecule has 10 aromatic heterocycles. The van der Waals surface area contributed by atoms with E-state index in [1.54, 1.807) is 41.5 Å². The number of thiazole rings is 1. The van der Waals surface area contributed by atoms with Crippen molar-refractivity contribution in [3.05, 3.63) is 216 Å². The fraction of sp³-hybridized carbons (Fsp3) is 0.0179. The summed E-state index contributed by atoms with van der Waals surface area (Å²) in [6.45, 7) is 0. The first kappa shape index (κ1) is 62.7. The maximum absolute atomic E-state index is 11.0. The van der Waals surface area contributed by atoms with Gasteiger partial charge in [0.25, 0.3) is 0 Å². The standard InChI is InChI=1S/C15H11N4.C11H7N4.C10H6N5.C10H6N3S.C10H8N2O.5Ir/c1-19-13-9-5-4-8-12(13)18-15(19)14-16-10-6-2-3-7-11(10)17-14;1-2-5-9-8(4-1)14-11(15-9)10-12-6-3-7-13-10;1-2-4-8-7(3-1)14-10(15-8)9-12-5-11-6-13-9;1-2-4-8-7(3-1)12-10(13-8)9-5-14-6-11-9;13-8-4-6-12-10(7-8)9-3-1-2-5-11-9;;;;;/h2-9H,1H3;1-7H;1-6H;1-6H;1-7H,(H,12,13);;;;;/q4*-1;;;;;;/p-1. The van der Waals surface area contributed by atoms with Gasteiger partial charge < -0.3 is 49.4 Å². The van der Waals surface area contributed by atoms with E-state index in [-0.39, 0.29) is 106 Å². The minimum Gasteiger partial charge on any atom is -0.662 e. The Labute approximate surface area is 532 Å². The molecule has 0 unspecified atom stereocenters. The zero-order valence-electron chi connectivity index (χ0n) is 41.7. The molecule has 0 aliphatic heterocycles. The minimum atomic E-state index is -0.0457. The molecule has 25 heteroatoms. The summed E-state index contributed by atoms with van der Waals surface area (Å²) in [7, 11) is 1.99. The van der Waals surface area contributed by atoms with Crippen LogP contribution >= 0.6 is 11.3 Å². The second-order valence-corrected chi connectivity index (χ2v) is 16.8. The van der Waals surface area contributed by atoms with Crippen molar-refractivity contribution in [3.8, 4) is 57.9 Å². The molecule has 15 aromatic rings. The van der Waals surface area contributed by atoms with Gasteiger partial charge in [0.1, 0.15) is 18.5 Å². The number of benzene rings is 5. The van der Waals surface area contributed by atoms with E-state index < -0.39 is 0 Å². The molecule has 81 heavy (non-hydrogen) atoms. The molecule has 0 amide bonds. The van der Waals surface area contributed by atoms with Crippen LogP contribution in [0, 0.1) is 0 Å². The average molecular weight is 1970 g/mol. The second-order valence-electron chi connectivity index (χ2n) is 16.1. The van der Waals surface area contributed by atoms with E-state index in [1.165, 1.54) is 31.0 Å². The van der Waals surface area contributed by atoms with E-state index in [0.717, 1.165) is 72.4 Å². The predicted octanol–water partition coefficient (Wildman–Crippen LogP) is 8.81.